The van der Waals surface area contributed by atoms with Crippen molar-refractivity contribution in [3.8, 4) is 22.9 Å². The van der Waals surface area contributed by atoms with Crippen LogP contribution in [0.1, 0.15) is 12.8 Å². The molecule has 2 aliphatic heterocycles. The van der Waals surface area contributed by atoms with E-state index in [0.29, 0.717) is 41.9 Å². The van der Waals surface area contributed by atoms with E-state index in [0.717, 1.165) is 44.0 Å². The number of likely N-dealkylation sites (tertiary alicyclic amines) is 1. The van der Waals surface area contributed by atoms with Crippen molar-refractivity contribution in [2.45, 2.75) is 19.2 Å². The van der Waals surface area contributed by atoms with Crippen molar-refractivity contribution >= 4 is 17.2 Å². The second-order valence-electron chi connectivity index (χ2n) is 9.23. The Balaban J connectivity index is 1.56. The Kier molecular flexibility index (Phi) is 6.07. The van der Waals surface area contributed by atoms with Crippen LogP contribution in [0.5, 0.6) is 11.5 Å². The maximum atomic E-state index is 12.8. The van der Waals surface area contributed by atoms with Crippen LogP contribution in [-0.2, 0) is 0 Å². The van der Waals surface area contributed by atoms with E-state index in [2.05, 4.69) is 36.7 Å². The van der Waals surface area contributed by atoms with Gasteiger partial charge in [-0.1, -0.05) is 12.1 Å². The Morgan fingerprint density at radius 3 is 2.66 bits per heavy atom. The van der Waals surface area contributed by atoms with E-state index in [1.165, 1.54) is 18.2 Å². The maximum Gasteiger partial charge on any atom is 0.573 e. The lowest BCUT2D eigenvalue weighted by Crippen LogP contribution is -2.37. The molecule has 35 heavy (non-hydrogen) atoms. The summed E-state index contributed by atoms with van der Waals surface area (Å²) in [5, 5.41) is 13.4. The third-order valence-corrected chi connectivity index (χ3v) is 6.58. The highest BCUT2D eigenvalue weighted by Crippen LogP contribution is 2.42. The quantitative estimate of drug-likeness (QED) is 0.539. The van der Waals surface area contributed by atoms with Gasteiger partial charge < -0.3 is 24.2 Å². The maximum absolute atomic E-state index is 12.8. The van der Waals surface area contributed by atoms with E-state index < -0.39 is 6.36 Å². The summed E-state index contributed by atoms with van der Waals surface area (Å²) in [5.74, 6) is 1.80. The fourth-order valence-electron chi connectivity index (χ4n) is 4.73. The SMILES string of the molecule is CN1CCC(CN(C)c2nn3c(-c4cccc(OC(F)(F)F)c4)nnc3c3c2N(C)CCO3)CC1. The first-order chi connectivity index (χ1) is 16.7. The minimum atomic E-state index is -4.79. The monoisotopic (exact) mass is 491 g/mol. The van der Waals surface area contributed by atoms with E-state index in [9.17, 15) is 13.2 Å². The van der Waals surface area contributed by atoms with Crippen molar-refractivity contribution in [1.82, 2.24) is 24.7 Å². The minimum Gasteiger partial charge on any atom is -0.486 e. The lowest BCUT2D eigenvalue weighted by Gasteiger charge is -2.35. The third kappa shape index (κ3) is 4.79. The Morgan fingerprint density at radius 1 is 1.14 bits per heavy atom. The van der Waals surface area contributed by atoms with Gasteiger partial charge in [-0.15, -0.1) is 28.5 Å². The normalized spacial score (nSPS) is 17.4. The van der Waals surface area contributed by atoms with Gasteiger partial charge in [-0.25, -0.2) is 0 Å². The fourth-order valence-corrected chi connectivity index (χ4v) is 4.73. The number of anilines is 2. The second kappa shape index (κ2) is 9.06. The zero-order chi connectivity index (χ0) is 24.7. The number of likely N-dealkylation sites (N-methyl/N-ethyl adjacent to an activating group) is 1. The van der Waals surface area contributed by atoms with Crippen LogP contribution in [0.25, 0.3) is 17.0 Å². The van der Waals surface area contributed by atoms with Crippen LogP contribution in [0, 0.1) is 5.92 Å². The molecule has 0 unspecified atom stereocenters. The number of benzene rings is 1. The summed E-state index contributed by atoms with van der Waals surface area (Å²) in [6.45, 7) is 4.16. The molecule has 9 nitrogen and oxygen atoms in total. The molecule has 0 bridgehead atoms. The van der Waals surface area contributed by atoms with Gasteiger partial charge in [0.15, 0.2) is 17.4 Å². The summed E-state index contributed by atoms with van der Waals surface area (Å²) in [6, 6.07) is 5.65. The van der Waals surface area contributed by atoms with Crippen LogP contribution >= 0.6 is 0 Å². The highest BCUT2D eigenvalue weighted by Gasteiger charge is 2.32. The average Bonchev–Trinajstić information content (AvgIpc) is 3.23. The number of alkyl halides is 3. The molecule has 12 heteroatoms. The first-order valence-electron chi connectivity index (χ1n) is 11.6. The summed E-state index contributed by atoms with van der Waals surface area (Å²) in [6.07, 6.45) is -2.56. The van der Waals surface area contributed by atoms with Gasteiger partial charge in [-0.3, -0.25) is 0 Å². The van der Waals surface area contributed by atoms with Gasteiger partial charge in [-0.2, -0.15) is 4.52 Å². The Morgan fingerprint density at radius 2 is 1.91 bits per heavy atom. The van der Waals surface area contributed by atoms with Crippen LogP contribution in [-0.4, -0.2) is 85.0 Å². The van der Waals surface area contributed by atoms with Gasteiger partial charge in [0.25, 0.3) is 0 Å². The molecule has 2 aliphatic rings. The summed E-state index contributed by atoms with van der Waals surface area (Å²) in [4.78, 5) is 6.56. The molecule has 2 aromatic heterocycles. The molecule has 0 N–H and O–H groups in total. The van der Waals surface area contributed by atoms with Crippen LogP contribution in [0.2, 0.25) is 0 Å². The zero-order valence-electron chi connectivity index (χ0n) is 19.9. The van der Waals surface area contributed by atoms with Crippen molar-refractivity contribution in [2.24, 2.45) is 5.92 Å². The number of hydrogen-bond donors (Lipinski definition) is 0. The lowest BCUT2D eigenvalue weighted by atomic mass is 9.96. The number of hydrogen-bond acceptors (Lipinski definition) is 8. The highest BCUT2D eigenvalue weighted by atomic mass is 19.4. The fraction of sp³-hybridized carbons (Fsp3) is 0.522. The molecule has 1 saturated heterocycles. The van der Waals surface area contributed by atoms with E-state index in [4.69, 9.17) is 9.84 Å². The van der Waals surface area contributed by atoms with Gasteiger partial charge in [0.1, 0.15) is 18.0 Å². The van der Waals surface area contributed by atoms with Crippen molar-refractivity contribution in [3.63, 3.8) is 0 Å². The third-order valence-electron chi connectivity index (χ3n) is 6.58. The second-order valence-corrected chi connectivity index (χ2v) is 9.23. The van der Waals surface area contributed by atoms with Crippen LogP contribution in [0.3, 0.4) is 0 Å². The Bertz CT molecular complexity index is 1210. The lowest BCUT2D eigenvalue weighted by molar-refractivity contribution is -0.274. The first-order valence-corrected chi connectivity index (χ1v) is 11.6. The predicted octanol–water partition coefficient (Wildman–Crippen LogP) is 3.30. The number of aromatic nitrogens is 4. The minimum absolute atomic E-state index is 0.307. The van der Waals surface area contributed by atoms with Crippen molar-refractivity contribution in [1.29, 1.82) is 0 Å². The first kappa shape index (κ1) is 23.5. The molecule has 3 aromatic rings. The number of piperidine rings is 1. The summed E-state index contributed by atoms with van der Waals surface area (Å²) in [5.41, 5.74) is 1.66. The molecule has 0 saturated carbocycles. The smallest absolute Gasteiger partial charge is 0.486 e. The van der Waals surface area contributed by atoms with Crippen molar-refractivity contribution in [3.05, 3.63) is 24.3 Å². The predicted molar refractivity (Wildman–Crippen MR) is 125 cm³/mol. The molecule has 0 aliphatic carbocycles. The molecule has 5 rings (SSSR count). The number of halogens is 3. The van der Waals surface area contributed by atoms with Gasteiger partial charge in [0, 0.05) is 26.2 Å². The van der Waals surface area contributed by atoms with Crippen LogP contribution in [0.4, 0.5) is 24.7 Å². The summed E-state index contributed by atoms with van der Waals surface area (Å²) < 4.78 is 49.9. The largest absolute Gasteiger partial charge is 0.573 e. The molecule has 188 valence electrons. The highest BCUT2D eigenvalue weighted by molar-refractivity contribution is 5.82. The van der Waals surface area contributed by atoms with Crippen LogP contribution in [0.15, 0.2) is 24.3 Å². The average molecular weight is 492 g/mol. The topological polar surface area (TPSA) is 71.3 Å². The number of nitrogens with zero attached hydrogens (tertiary/aromatic N) is 7. The van der Waals surface area contributed by atoms with E-state index in [1.54, 1.807) is 10.6 Å². The molecular formula is C23H28F3N7O2. The molecule has 1 fully saturated rings. The molecule has 4 heterocycles. The standard InChI is InChI=1S/C23H28F3N7O2/c1-30-9-7-15(8-10-30)14-32(3)21-18-19(34-12-11-31(18)2)22-28-27-20(33(22)29-21)16-5-4-6-17(13-16)35-23(24,25)26/h4-6,13,15H,7-12,14H2,1-3H3. The summed E-state index contributed by atoms with van der Waals surface area (Å²) >= 11 is 0. The van der Waals surface area contributed by atoms with Gasteiger partial charge in [-0.05, 0) is 51.0 Å². The number of rotatable bonds is 5. The van der Waals surface area contributed by atoms with E-state index in [-0.39, 0.29) is 5.75 Å². The molecular weight excluding hydrogens is 463 g/mol. The number of ether oxygens (including phenoxy) is 2. The van der Waals surface area contributed by atoms with Gasteiger partial charge >= 0.3 is 6.36 Å². The Hall–Kier alpha value is -3.28. The zero-order valence-corrected chi connectivity index (χ0v) is 19.9. The van der Waals surface area contributed by atoms with Gasteiger partial charge in [0.05, 0.1) is 6.54 Å². The number of fused-ring (bicyclic) bond motifs is 3. The van der Waals surface area contributed by atoms with E-state index >= 15 is 0 Å². The molecule has 1 aromatic carbocycles. The molecule has 0 atom stereocenters. The molecule has 0 amide bonds. The van der Waals surface area contributed by atoms with Crippen molar-refractivity contribution < 1.29 is 22.6 Å². The molecule has 0 radical (unpaired) electrons. The van der Waals surface area contributed by atoms with Gasteiger partial charge in [0.2, 0.25) is 5.65 Å². The molecule has 0 spiro atoms. The van der Waals surface area contributed by atoms with Crippen LogP contribution < -0.4 is 19.3 Å². The van der Waals surface area contributed by atoms with E-state index in [1.807, 2.05) is 14.1 Å². The van der Waals surface area contributed by atoms with Crippen molar-refractivity contribution in [2.75, 3.05) is 63.7 Å². The summed E-state index contributed by atoms with van der Waals surface area (Å²) in [7, 11) is 6.14. The Labute approximate surface area is 201 Å².